The molecule has 1 heterocycles. The van der Waals surface area contributed by atoms with E-state index in [9.17, 15) is 5.11 Å². The first-order valence-corrected chi connectivity index (χ1v) is 12.4. The van der Waals surface area contributed by atoms with Crippen LogP contribution in [0.15, 0.2) is 79.0 Å². The van der Waals surface area contributed by atoms with Crippen LogP contribution in [0.4, 0.5) is 0 Å². The Hall–Kier alpha value is -2.88. The predicted molar refractivity (Wildman–Crippen MR) is 143 cm³/mol. The van der Waals surface area contributed by atoms with Gasteiger partial charge in [0.25, 0.3) is 0 Å². The molecule has 0 aliphatic rings. The van der Waals surface area contributed by atoms with Crippen molar-refractivity contribution in [2.75, 3.05) is 13.6 Å². The number of nitrogens with one attached hydrogen (secondary N) is 1. The second-order valence-electron chi connectivity index (χ2n) is 10.2. The lowest BCUT2D eigenvalue weighted by atomic mass is 9.76. The van der Waals surface area contributed by atoms with Crippen molar-refractivity contribution in [3.8, 4) is 0 Å². The van der Waals surface area contributed by atoms with Gasteiger partial charge in [0.2, 0.25) is 0 Å². The fourth-order valence-corrected chi connectivity index (χ4v) is 4.92. The highest BCUT2D eigenvalue weighted by atomic mass is 16.3. The van der Waals surface area contributed by atoms with Gasteiger partial charge >= 0.3 is 0 Å². The minimum absolute atomic E-state index is 0.143. The lowest BCUT2D eigenvalue weighted by molar-refractivity contribution is -0.0130. The number of aliphatic hydroxyl groups is 1. The van der Waals surface area contributed by atoms with Gasteiger partial charge in [-0.15, -0.1) is 0 Å². The molecule has 0 bridgehead atoms. The number of aromatic amines is 1. The molecule has 0 aliphatic carbocycles. The van der Waals surface area contributed by atoms with Crippen LogP contribution in [-0.4, -0.2) is 34.6 Å². The molecule has 4 aromatic rings. The van der Waals surface area contributed by atoms with Crippen LogP contribution in [0.5, 0.6) is 0 Å². The molecule has 0 fully saturated rings. The van der Waals surface area contributed by atoms with Gasteiger partial charge in [0.15, 0.2) is 0 Å². The van der Waals surface area contributed by atoms with Gasteiger partial charge in [-0.25, -0.2) is 0 Å². The third-order valence-corrected chi connectivity index (χ3v) is 7.14. The summed E-state index contributed by atoms with van der Waals surface area (Å²) in [5.41, 5.74) is 5.45. The first kappa shape index (κ1) is 24.3. The van der Waals surface area contributed by atoms with E-state index in [2.05, 4.69) is 124 Å². The predicted octanol–water partition coefficient (Wildman–Crippen LogP) is 6.61. The first-order chi connectivity index (χ1) is 16.3. The van der Waals surface area contributed by atoms with Crippen molar-refractivity contribution >= 4 is 10.9 Å². The summed E-state index contributed by atoms with van der Waals surface area (Å²) >= 11 is 0. The zero-order chi connectivity index (χ0) is 24.3. The van der Waals surface area contributed by atoms with Crippen LogP contribution < -0.4 is 0 Å². The molecule has 0 saturated heterocycles. The van der Waals surface area contributed by atoms with Gasteiger partial charge in [-0.2, -0.15) is 0 Å². The molecule has 0 unspecified atom stereocenters. The maximum Gasteiger partial charge on any atom is 0.130 e. The largest absolute Gasteiger partial charge is 0.379 e. The fraction of sp³-hybridized carbons (Fsp3) is 0.355. The highest BCUT2D eigenvalue weighted by Crippen LogP contribution is 2.38. The second kappa shape index (κ2) is 10.2. The summed E-state index contributed by atoms with van der Waals surface area (Å²) in [6.07, 6.45) is 3.92. The summed E-state index contributed by atoms with van der Waals surface area (Å²) < 4.78 is 0. The van der Waals surface area contributed by atoms with Gasteiger partial charge in [-0.1, -0.05) is 91.7 Å². The van der Waals surface area contributed by atoms with Gasteiger partial charge in [0.05, 0.1) is 6.04 Å². The maximum atomic E-state index is 12.8. The van der Waals surface area contributed by atoms with Crippen LogP contribution in [0.1, 0.15) is 48.1 Å². The molecule has 0 aliphatic heterocycles. The van der Waals surface area contributed by atoms with Crippen molar-refractivity contribution in [2.45, 2.75) is 52.2 Å². The van der Waals surface area contributed by atoms with Crippen molar-refractivity contribution in [1.82, 2.24) is 9.88 Å². The lowest BCUT2D eigenvalue weighted by Crippen LogP contribution is -2.51. The van der Waals surface area contributed by atoms with Crippen LogP contribution in [0.3, 0.4) is 0 Å². The summed E-state index contributed by atoms with van der Waals surface area (Å²) in [6, 6.07) is 25.1. The quantitative estimate of drug-likeness (QED) is 0.299. The SMILES string of the molecule is Cc1ccc(C(O)(c2ccc(C)cc2)[C@H](Cc2c[nH]c3ccccc23)N(C)CCC(C)C)cc1. The van der Waals surface area contributed by atoms with E-state index in [1.54, 1.807) is 0 Å². The summed E-state index contributed by atoms with van der Waals surface area (Å²) in [4.78, 5) is 5.79. The van der Waals surface area contributed by atoms with E-state index in [0.29, 0.717) is 5.92 Å². The maximum absolute atomic E-state index is 12.8. The van der Waals surface area contributed by atoms with Crippen molar-refractivity contribution in [3.05, 3.63) is 107 Å². The monoisotopic (exact) mass is 454 g/mol. The van der Waals surface area contributed by atoms with Crippen LogP contribution >= 0.6 is 0 Å². The second-order valence-corrected chi connectivity index (χ2v) is 10.2. The number of benzene rings is 3. The minimum Gasteiger partial charge on any atom is -0.379 e. The number of hydrogen-bond donors (Lipinski definition) is 2. The highest BCUT2D eigenvalue weighted by molar-refractivity contribution is 5.83. The first-order valence-electron chi connectivity index (χ1n) is 12.4. The molecule has 4 rings (SSSR count). The van der Waals surface area contributed by atoms with Crippen molar-refractivity contribution in [1.29, 1.82) is 0 Å². The Morgan fingerprint density at radius 2 is 1.41 bits per heavy atom. The zero-order valence-corrected chi connectivity index (χ0v) is 21.2. The number of rotatable bonds is 9. The molecule has 0 spiro atoms. The lowest BCUT2D eigenvalue weighted by Gasteiger charge is -2.43. The van der Waals surface area contributed by atoms with Gasteiger partial charge in [0, 0.05) is 17.1 Å². The van der Waals surface area contributed by atoms with Crippen LogP contribution in [0.25, 0.3) is 10.9 Å². The molecule has 34 heavy (non-hydrogen) atoms. The smallest absolute Gasteiger partial charge is 0.130 e. The Bertz CT molecular complexity index is 1160. The molecule has 0 amide bonds. The number of aromatic nitrogens is 1. The molecule has 0 radical (unpaired) electrons. The Morgan fingerprint density at radius 3 is 1.97 bits per heavy atom. The average Bonchev–Trinajstić information content (AvgIpc) is 3.24. The Kier molecular flexibility index (Phi) is 7.25. The van der Waals surface area contributed by atoms with Crippen molar-refractivity contribution in [3.63, 3.8) is 0 Å². The summed E-state index contributed by atoms with van der Waals surface area (Å²) in [7, 11) is 2.16. The van der Waals surface area contributed by atoms with Crippen LogP contribution in [-0.2, 0) is 12.0 Å². The molecule has 3 aromatic carbocycles. The third-order valence-electron chi connectivity index (χ3n) is 7.14. The normalized spacial score (nSPS) is 13.2. The molecule has 178 valence electrons. The molecule has 1 aromatic heterocycles. The molecule has 2 N–H and O–H groups in total. The fourth-order valence-electron chi connectivity index (χ4n) is 4.92. The van der Waals surface area contributed by atoms with Crippen molar-refractivity contribution < 1.29 is 5.11 Å². The van der Waals surface area contributed by atoms with E-state index in [1.807, 2.05) is 0 Å². The number of likely N-dealkylation sites (N-methyl/N-ethyl adjacent to an activating group) is 1. The van der Waals surface area contributed by atoms with E-state index in [0.717, 1.165) is 36.0 Å². The summed E-state index contributed by atoms with van der Waals surface area (Å²) in [6.45, 7) is 9.62. The van der Waals surface area contributed by atoms with E-state index in [4.69, 9.17) is 0 Å². The number of hydrogen-bond acceptors (Lipinski definition) is 2. The Labute approximate surface area is 204 Å². The van der Waals surface area contributed by atoms with Gasteiger partial charge in [-0.3, -0.25) is 4.90 Å². The zero-order valence-electron chi connectivity index (χ0n) is 21.2. The summed E-state index contributed by atoms with van der Waals surface area (Å²) in [5, 5.41) is 14.0. The van der Waals surface area contributed by atoms with E-state index < -0.39 is 5.60 Å². The van der Waals surface area contributed by atoms with Gasteiger partial charge in [0.1, 0.15) is 5.60 Å². The van der Waals surface area contributed by atoms with E-state index >= 15 is 0 Å². The van der Waals surface area contributed by atoms with Gasteiger partial charge in [-0.05, 0) is 69.0 Å². The molecule has 3 heteroatoms. The number of nitrogens with zero attached hydrogens (tertiary/aromatic N) is 1. The number of H-pyrrole nitrogens is 1. The Morgan fingerprint density at radius 1 is 0.853 bits per heavy atom. The molecule has 1 atom stereocenters. The molecular weight excluding hydrogens is 416 g/mol. The molecule has 3 nitrogen and oxygen atoms in total. The third kappa shape index (κ3) is 4.96. The molecular formula is C31H38N2O. The molecule has 0 saturated carbocycles. The number of aryl methyl sites for hydroxylation is 2. The van der Waals surface area contributed by atoms with Crippen LogP contribution in [0, 0.1) is 19.8 Å². The van der Waals surface area contributed by atoms with E-state index in [1.165, 1.54) is 22.1 Å². The average molecular weight is 455 g/mol. The number of fused-ring (bicyclic) bond motifs is 1. The topological polar surface area (TPSA) is 39.3 Å². The summed E-state index contributed by atoms with van der Waals surface area (Å²) in [5.74, 6) is 0.600. The number of para-hydroxylation sites is 1. The standard InChI is InChI=1S/C31H38N2O/c1-22(2)18-19-33(5)30(20-25-21-32-29-9-7-6-8-28(25)29)31(34,26-14-10-23(3)11-15-26)27-16-12-24(4)13-17-27/h6-17,21-22,30,32,34H,18-20H2,1-5H3/t30-/m0/s1. The Balaban J connectivity index is 1.86. The van der Waals surface area contributed by atoms with Crippen molar-refractivity contribution in [2.24, 2.45) is 5.92 Å². The highest BCUT2D eigenvalue weighted by Gasteiger charge is 2.42. The van der Waals surface area contributed by atoms with E-state index in [-0.39, 0.29) is 6.04 Å². The van der Waals surface area contributed by atoms with Gasteiger partial charge < -0.3 is 10.1 Å². The minimum atomic E-state index is -1.16. The van der Waals surface area contributed by atoms with Crippen LogP contribution in [0.2, 0.25) is 0 Å².